The van der Waals surface area contributed by atoms with Crippen LogP contribution < -0.4 is 29.7 Å². The van der Waals surface area contributed by atoms with Gasteiger partial charge in [-0.1, -0.05) is 73.5 Å². The van der Waals surface area contributed by atoms with Gasteiger partial charge in [0.05, 0.1) is 30.0 Å². The van der Waals surface area contributed by atoms with E-state index in [0.717, 1.165) is 35.6 Å². The summed E-state index contributed by atoms with van der Waals surface area (Å²) in [6, 6.07) is 29.9. The number of phenols is 2. The third-order valence-electron chi connectivity index (χ3n) is 8.68. The molecule has 5 aromatic rings. The van der Waals surface area contributed by atoms with Crippen molar-refractivity contribution < 1.29 is 14.8 Å². The van der Waals surface area contributed by atoms with E-state index in [9.17, 15) is 10.2 Å². The van der Waals surface area contributed by atoms with Crippen LogP contribution in [0.25, 0.3) is 35.8 Å². The lowest BCUT2D eigenvalue weighted by atomic mass is 10.1. The number of anilines is 3. The molecule has 0 fully saturated rings. The normalized spacial score (nSPS) is 13.4. The van der Waals surface area contributed by atoms with E-state index in [1.165, 1.54) is 21.0 Å². The Morgan fingerprint density at radius 1 is 0.844 bits per heavy atom. The Kier molecular flexibility index (Phi) is 8.21. The lowest BCUT2D eigenvalue weighted by Crippen LogP contribution is -2.41. The average molecular weight is 616 g/mol. The smallest absolute Gasteiger partial charge is 0.282 e. The Labute approximate surface area is 269 Å². The lowest BCUT2D eigenvalue weighted by Gasteiger charge is -2.24. The molecule has 0 radical (unpaired) electrons. The number of hydrogen-bond donors (Lipinski definition) is 2. The highest BCUT2D eigenvalue weighted by Crippen LogP contribution is 2.45. The second-order valence-corrected chi connectivity index (χ2v) is 12.6. The molecule has 0 unspecified atom stereocenters. The summed E-state index contributed by atoms with van der Waals surface area (Å²) < 4.78 is 2.33. The number of phenolic OH excluding ortho intramolecular Hbond substituents is 2. The Hall–Kier alpha value is -4.88. The van der Waals surface area contributed by atoms with Gasteiger partial charge in [-0.2, -0.15) is 4.57 Å². The number of thioether (sulfide) groups is 1. The van der Waals surface area contributed by atoms with E-state index in [2.05, 4.69) is 127 Å². The minimum absolute atomic E-state index is 0.0668. The van der Waals surface area contributed by atoms with Gasteiger partial charge >= 0.3 is 0 Å². The largest absolute Gasteiger partial charge is 0.507 e. The fourth-order valence-electron chi connectivity index (χ4n) is 6.07. The Bertz CT molecular complexity index is 2040. The summed E-state index contributed by atoms with van der Waals surface area (Å²) in [5.74, 6) is 1.22. The second kappa shape index (κ2) is 12.3. The number of para-hydroxylation sites is 3. The molecular formula is C38H39N4O2S+. The van der Waals surface area contributed by atoms with Crippen LogP contribution in [-0.4, -0.2) is 44.4 Å². The molecule has 4 aromatic carbocycles. The summed E-state index contributed by atoms with van der Waals surface area (Å²) in [5, 5.41) is 24.6. The van der Waals surface area contributed by atoms with Crippen molar-refractivity contribution in [2.75, 3.05) is 48.9 Å². The first-order valence-electron chi connectivity index (χ1n) is 15.1. The quantitative estimate of drug-likeness (QED) is 0.161. The minimum atomic E-state index is 0.0668. The third-order valence-corrected chi connectivity index (χ3v) is 9.85. The van der Waals surface area contributed by atoms with Crippen molar-refractivity contribution in [2.45, 2.75) is 18.2 Å². The first kappa shape index (κ1) is 30.2. The van der Waals surface area contributed by atoms with Crippen molar-refractivity contribution in [1.82, 2.24) is 0 Å². The summed E-state index contributed by atoms with van der Waals surface area (Å²) in [4.78, 5) is 7.76. The summed E-state index contributed by atoms with van der Waals surface area (Å²) in [5.41, 5.74) is 5.67. The topological polar surface area (TPSA) is 54.1 Å². The molecule has 0 saturated heterocycles. The van der Waals surface area contributed by atoms with Crippen LogP contribution >= 0.6 is 11.8 Å². The van der Waals surface area contributed by atoms with Crippen molar-refractivity contribution in [1.29, 1.82) is 0 Å². The molecule has 0 atom stereocenters. The maximum Gasteiger partial charge on any atom is 0.282 e. The summed E-state index contributed by atoms with van der Waals surface area (Å²) in [7, 11) is 6.17. The zero-order chi connectivity index (χ0) is 31.8. The highest BCUT2D eigenvalue weighted by Gasteiger charge is 2.25. The molecule has 1 aliphatic heterocycles. The van der Waals surface area contributed by atoms with Crippen LogP contribution in [0.1, 0.15) is 17.5 Å². The molecule has 45 heavy (non-hydrogen) atoms. The van der Waals surface area contributed by atoms with E-state index in [4.69, 9.17) is 0 Å². The first-order chi connectivity index (χ1) is 21.7. The van der Waals surface area contributed by atoms with Gasteiger partial charge in [-0.3, -0.25) is 4.90 Å². The van der Waals surface area contributed by atoms with E-state index in [0.29, 0.717) is 28.2 Å². The third kappa shape index (κ3) is 5.49. The highest BCUT2D eigenvalue weighted by molar-refractivity contribution is 8.03. The van der Waals surface area contributed by atoms with Crippen molar-refractivity contribution >= 4 is 59.1 Å². The molecule has 0 saturated carbocycles. The molecular weight excluding hydrogens is 577 g/mol. The number of rotatable bonds is 8. The van der Waals surface area contributed by atoms with Gasteiger partial charge in [-0.15, -0.1) is 0 Å². The van der Waals surface area contributed by atoms with Crippen LogP contribution in [0.4, 0.5) is 17.2 Å². The van der Waals surface area contributed by atoms with Crippen LogP contribution in [0.5, 0.6) is 11.5 Å². The number of benzene rings is 4. The van der Waals surface area contributed by atoms with Crippen molar-refractivity contribution in [3.8, 4) is 17.2 Å². The predicted molar refractivity (Wildman–Crippen MR) is 190 cm³/mol. The fraction of sp³-hybridized carbons (Fsp3) is 0.184. The lowest BCUT2D eigenvalue weighted by molar-refractivity contribution is -0.553. The molecule has 7 heteroatoms. The van der Waals surface area contributed by atoms with Crippen molar-refractivity contribution in [2.24, 2.45) is 0 Å². The summed E-state index contributed by atoms with van der Waals surface area (Å²) in [6.45, 7) is 11.1. The molecule has 228 valence electrons. The number of pyridine rings is 1. The first-order valence-corrected chi connectivity index (χ1v) is 15.9. The maximum absolute atomic E-state index is 10.8. The SMILES string of the molecule is C=c1c(C)c(O)c(=C)c(N(C)CCCN(C)c2cc(C=C3Sc4ccccc4N3C)c3ccccc3[n+]2-c2ccccc2)c1O. The molecule has 1 aliphatic rings. The maximum atomic E-state index is 10.8. The second-order valence-electron chi connectivity index (χ2n) is 11.6. The molecule has 1 aromatic heterocycles. The van der Waals surface area contributed by atoms with E-state index in [1.807, 2.05) is 18.0 Å². The Morgan fingerprint density at radius 2 is 1.51 bits per heavy atom. The fourth-order valence-corrected chi connectivity index (χ4v) is 7.18. The van der Waals surface area contributed by atoms with E-state index < -0.39 is 0 Å². The summed E-state index contributed by atoms with van der Waals surface area (Å²) >= 11 is 1.80. The van der Waals surface area contributed by atoms with Gasteiger partial charge < -0.3 is 20.0 Å². The van der Waals surface area contributed by atoms with Gasteiger partial charge in [0.15, 0.2) is 0 Å². The Morgan fingerprint density at radius 3 is 2.27 bits per heavy atom. The van der Waals surface area contributed by atoms with Crippen LogP contribution in [-0.2, 0) is 0 Å². The number of fused-ring (bicyclic) bond motifs is 2. The minimum Gasteiger partial charge on any atom is -0.507 e. The predicted octanol–water partition coefficient (Wildman–Crippen LogP) is 6.16. The van der Waals surface area contributed by atoms with Crippen LogP contribution in [0.3, 0.4) is 0 Å². The van der Waals surface area contributed by atoms with E-state index >= 15 is 0 Å². The molecule has 0 spiro atoms. The van der Waals surface area contributed by atoms with Gasteiger partial charge in [-0.25, -0.2) is 0 Å². The number of aromatic nitrogens is 1. The molecule has 0 aliphatic carbocycles. The van der Waals surface area contributed by atoms with E-state index in [-0.39, 0.29) is 11.5 Å². The molecule has 0 bridgehead atoms. The van der Waals surface area contributed by atoms with Gasteiger partial charge in [0.2, 0.25) is 0 Å². The van der Waals surface area contributed by atoms with Gasteiger partial charge in [0, 0.05) is 59.4 Å². The zero-order valence-electron chi connectivity index (χ0n) is 26.3. The Balaban J connectivity index is 1.37. The van der Waals surface area contributed by atoms with E-state index in [1.54, 1.807) is 18.7 Å². The van der Waals surface area contributed by atoms with Crippen LogP contribution in [0.2, 0.25) is 0 Å². The number of aromatic hydroxyl groups is 2. The van der Waals surface area contributed by atoms with Gasteiger partial charge in [0.25, 0.3) is 5.82 Å². The highest BCUT2D eigenvalue weighted by atomic mass is 32.2. The molecule has 2 N–H and O–H groups in total. The van der Waals surface area contributed by atoms with Gasteiger partial charge in [-0.05, 0) is 48.9 Å². The van der Waals surface area contributed by atoms with Gasteiger partial charge in [0.1, 0.15) is 22.7 Å². The standard InChI is InChI=1S/C38H38N4O2S/c1-25-26(2)38(44)36(27(3)37(25)43)40(5)22-14-21-39(4)34-23-28(24-35-41(6)32-19-12-13-20-33(32)45-35)30-17-10-11-18-31(30)42(34)29-15-8-7-9-16-29/h7-13,15-20,23-24H,2-3,14,21-22H2,1,4-6H3,(H-,43,44)/p+1. The number of nitrogens with zero attached hydrogens (tertiary/aromatic N) is 4. The monoisotopic (exact) mass is 615 g/mol. The van der Waals surface area contributed by atoms with Crippen LogP contribution in [0, 0.1) is 6.92 Å². The molecule has 6 rings (SSSR count). The van der Waals surface area contributed by atoms with Crippen molar-refractivity contribution in [3.63, 3.8) is 0 Å². The average Bonchev–Trinajstić information content (AvgIpc) is 3.37. The molecule has 0 amide bonds. The van der Waals surface area contributed by atoms with Crippen molar-refractivity contribution in [3.05, 3.63) is 112 Å². The number of hydrogen-bond acceptors (Lipinski definition) is 6. The molecule has 2 heterocycles. The molecule has 6 nitrogen and oxygen atoms in total. The zero-order valence-corrected chi connectivity index (χ0v) is 27.1. The van der Waals surface area contributed by atoms with Crippen LogP contribution in [0.15, 0.2) is 94.9 Å². The summed E-state index contributed by atoms with van der Waals surface area (Å²) in [6.07, 6.45) is 3.10.